The Kier molecular flexibility index (Phi) is 3.20. The average Bonchev–Trinajstić information content (AvgIpc) is 3.10. The zero-order chi connectivity index (χ0) is 16.9. The number of fused-ring (bicyclic) bond motifs is 5. The van der Waals surface area contributed by atoms with E-state index >= 15 is 0 Å². The molecule has 4 rings (SSSR count). The Balaban J connectivity index is 1.56. The average molecular weight is 323 g/mol. The predicted octanol–water partition coefficient (Wildman–Crippen LogP) is 4.19. The molecule has 2 aliphatic rings. The van der Waals surface area contributed by atoms with Crippen LogP contribution in [-0.2, 0) is 4.74 Å². The molecule has 1 fully saturated rings. The summed E-state index contributed by atoms with van der Waals surface area (Å²) < 4.78 is 5.87. The van der Waals surface area contributed by atoms with Gasteiger partial charge in [0.25, 0.3) is 5.69 Å². The molecule has 2 aliphatic carbocycles. The third-order valence-corrected chi connectivity index (χ3v) is 5.36. The fourth-order valence-corrected chi connectivity index (χ4v) is 4.24. The maximum atomic E-state index is 12.5. The summed E-state index contributed by atoms with van der Waals surface area (Å²) >= 11 is 0. The Bertz CT molecular complexity index is 830. The zero-order valence-electron chi connectivity index (χ0n) is 13.3. The Morgan fingerprint density at radius 3 is 2.50 bits per heavy atom. The monoisotopic (exact) mass is 323 g/mol. The summed E-state index contributed by atoms with van der Waals surface area (Å²) in [5.74, 6) is 0.249. The fourth-order valence-electron chi connectivity index (χ4n) is 4.24. The second-order valence-electron chi connectivity index (χ2n) is 6.82. The second-order valence-corrected chi connectivity index (χ2v) is 6.82. The molecule has 0 aliphatic heterocycles. The summed E-state index contributed by atoms with van der Waals surface area (Å²) in [7, 11) is 0. The number of carbonyl (C=O) groups is 1. The molecule has 122 valence electrons. The molecular weight excluding hydrogens is 306 g/mol. The topological polar surface area (TPSA) is 69.4 Å². The maximum Gasteiger partial charge on any atom is 0.338 e. The Labute approximate surface area is 139 Å². The van der Waals surface area contributed by atoms with Gasteiger partial charge in [-0.05, 0) is 48.9 Å². The lowest BCUT2D eigenvalue weighted by Crippen LogP contribution is -2.36. The van der Waals surface area contributed by atoms with E-state index < -0.39 is 16.5 Å². The quantitative estimate of drug-likeness (QED) is 0.482. The van der Waals surface area contributed by atoms with Crippen LogP contribution in [0.25, 0.3) is 0 Å². The summed E-state index contributed by atoms with van der Waals surface area (Å²) in [6.07, 6.45) is 1.84. The number of benzene rings is 2. The van der Waals surface area contributed by atoms with Crippen molar-refractivity contribution in [2.75, 3.05) is 0 Å². The van der Waals surface area contributed by atoms with Gasteiger partial charge >= 0.3 is 5.97 Å². The lowest BCUT2D eigenvalue weighted by molar-refractivity contribution is -0.384. The van der Waals surface area contributed by atoms with Crippen LogP contribution in [0.4, 0.5) is 5.69 Å². The van der Waals surface area contributed by atoms with Gasteiger partial charge < -0.3 is 4.74 Å². The normalized spacial score (nSPS) is 26.9. The molecule has 2 aromatic rings. The summed E-state index contributed by atoms with van der Waals surface area (Å²) in [5.41, 5.74) is 2.46. The number of nitro groups is 1. The van der Waals surface area contributed by atoms with Crippen molar-refractivity contribution in [1.29, 1.82) is 0 Å². The van der Waals surface area contributed by atoms with Crippen molar-refractivity contribution in [3.8, 4) is 0 Å². The van der Waals surface area contributed by atoms with Crippen molar-refractivity contribution in [3.05, 3.63) is 75.3 Å². The minimum absolute atomic E-state index is 0.0355. The number of hydrogen-bond acceptors (Lipinski definition) is 4. The Hall–Kier alpha value is -2.69. The summed E-state index contributed by atoms with van der Waals surface area (Å²) in [5, 5.41) is 10.7. The van der Waals surface area contributed by atoms with E-state index in [-0.39, 0.29) is 11.6 Å². The van der Waals surface area contributed by atoms with Crippen LogP contribution in [0.2, 0.25) is 0 Å². The molecule has 0 amide bonds. The number of nitrogens with zero attached hydrogens (tertiary/aromatic N) is 1. The molecule has 1 saturated carbocycles. The molecule has 0 unspecified atom stereocenters. The van der Waals surface area contributed by atoms with Crippen LogP contribution in [0, 0.1) is 10.1 Å². The van der Waals surface area contributed by atoms with Gasteiger partial charge in [-0.3, -0.25) is 10.1 Å². The highest BCUT2D eigenvalue weighted by Crippen LogP contribution is 2.59. The third kappa shape index (κ3) is 2.19. The van der Waals surface area contributed by atoms with Crippen LogP contribution in [0.3, 0.4) is 0 Å². The standard InChI is InChI=1S/C19H17NO4/c1-19(11-13-10-17(19)16-5-3-2-4-15(13)16)24-18(21)12-6-8-14(9-7-12)20(22)23/h2-9,13,17H,10-11H2,1H3/t13-,17-,19-/m1/s1. The summed E-state index contributed by atoms with van der Waals surface area (Å²) in [4.78, 5) is 22.7. The SMILES string of the molecule is C[C@@]1(OC(=O)c2ccc([N+](=O)[O-])cc2)C[C@H]2C[C@@H]1c1ccccc12. The van der Waals surface area contributed by atoms with Gasteiger partial charge in [-0.15, -0.1) is 0 Å². The van der Waals surface area contributed by atoms with E-state index in [0.717, 1.165) is 12.8 Å². The van der Waals surface area contributed by atoms with Crippen LogP contribution in [0.1, 0.15) is 53.1 Å². The van der Waals surface area contributed by atoms with Crippen molar-refractivity contribution in [3.63, 3.8) is 0 Å². The molecule has 0 radical (unpaired) electrons. The first-order valence-corrected chi connectivity index (χ1v) is 8.04. The highest BCUT2D eigenvalue weighted by atomic mass is 16.6. The minimum Gasteiger partial charge on any atom is -0.455 e. The summed E-state index contributed by atoms with van der Waals surface area (Å²) in [6, 6.07) is 13.9. The van der Waals surface area contributed by atoms with Gasteiger partial charge in [-0.25, -0.2) is 4.79 Å². The Morgan fingerprint density at radius 1 is 1.17 bits per heavy atom. The van der Waals surface area contributed by atoms with Gasteiger partial charge in [0.15, 0.2) is 0 Å². The molecule has 2 aromatic carbocycles. The highest BCUT2D eigenvalue weighted by Gasteiger charge is 2.53. The van der Waals surface area contributed by atoms with E-state index in [1.165, 1.54) is 35.4 Å². The number of ether oxygens (including phenoxy) is 1. The molecule has 0 aromatic heterocycles. The van der Waals surface area contributed by atoms with E-state index in [1.807, 2.05) is 13.0 Å². The number of hydrogen-bond donors (Lipinski definition) is 0. The molecular formula is C19H17NO4. The van der Waals surface area contributed by atoms with Gasteiger partial charge in [0.2, 0.25) is 0 Å². The zero-order valence-corrected chi connectivity index (χ0v) is 13.3. The van der Waals surface area contributed by atoms with Crippen molar-refractivity contribution in [1.82, 2.24) is 0 Å². The van der Waals surface area contributed by atoms with Crippen molar-refractivity contribution >= 4 is 11.7 Å². The number of rotatable bonds is 3. The minimum atomic E-state index is -0.516. The van der Waals surface area contributed by atoms with E-state index in [0.29, 0.717) is 11.5 Å². The molecule has 0 heterocycles. The van der Waals surface area contributed by atoms with Crippen LogP contribution in [0.5, 0.6) is 0 Å². The van der Waals surface area contributed by atoms with E-state index in [1.54, 1.807) is 0 Å². The van der Waals surface area contributed by atoms with Gasteiger partial charge in [-0.1, -0.05) is 24.3 Å². The van der Waals surface area contributed by atoms with E-state index in [9.17, 15) is 14.9 Å². The number of carbonyl (C=O) groups excluding carboxylic acids is 1. The van der Waals surface area contributed by atoms with Gasteiger partial charge in [0.05, 0.1) is 10.5 Å². The summed E-state index contributed by atoms with van der Waals surface area (Å²) in [6.45, 7) is 2.00. The largest absolute Gasteiger partial charge is 0.455 e. The van der Waals surface area contributed by atoms with Gasteiger partial charge in [0, 0.05) is 18.1 Å². The molecule has 5 nitrogen and oxygen atoms in total. The van der Waals surface area contributed by atoms with Crippen molar-refractivity contribution < 1.29 is 14.5 Å². The molecule has 3 atom stereocenters. The maximum absolute atomic E-state index is 12.5. The second kappa shape index (κ2) is 5.16. The van der Waals surface area contributed by atoms with Crippen LogP contribution in [0.15, 0.2) is 48.5 Å². The van der Waals surface area contributed by atoms with Gasteiger partial charge in [-0.2, -0.15) is 0 Å². The van der Waals surface area contributed by atoms with Crippen LogP contribution >= 0.6 is 0 Å². The van der Waals surface area contributed by atoms with Crippen LogP contribution in [-0.4, -0.2) is 16.5 Å². The fraction of sp³-hybridized carbons (Fsp3) is 0.316. The molecule has 0 saturated heterocycles. The van der Waals surface area contributed by atoms with Gasteiger partial charge in [0.1, 0.15) is 5.60 Å². The molecule has 0 N–H and O–H groups in total. The first-order valence-electron chi connectivity index (χ1n) is 8.04. The number of nitro benzene ring substituents is 1. The smallest absolute Gasteiger partial charge is 0.338 e. The first kappa shape index (κ1) is 14.9. The van der Waals surface area contributed by atoms with E-state index in [2.05, 4.69) is 18.2 Å². The number of non-ortho nitro benzene ring substituents is 1. The van der Waals surface area contributed by atoms with Crippen LogP contribution < -0.4 is 0 Å². The lowest BCUT2D eigenvalue weighted by atomic mass is 9.81. The first-order chi connectivity index (χ1) is 11.5. The van der Waals surface area contributed by atoms with Crippen molar-refractivity contribution in [2.24, 2.45) is 0 Å². The Morgan fingerprint density at radius 2 is 1.83 bits per heavy atom. The molecule has 24 heavy (non-hydrogen) atoms. The van der Waals surface area contributed by atoms with Crippen molar-refractivity contribution in [2.45, 2.75) is 37.2 Å². The molecule has 0 spiro atoms. The van der Waals surface area contributed by atoms with E-state index in [4.69, 9.17) is 4.74 Å². The highest BCUT2D eigenvalue weighted by molar-refractivity contribution is 5.90. The molecule has 5 heteroatoms. The number of esters is 1. The third-order valence-electron chi connectivity index (χ3n) is 5.36. The lowest BCUT2D eigenvalue weighted by Gasteiger charge is -2.35. The predicted molar refractivity (Wildman–Crippen MR) is 88.1 cm³/mol. The molecule has 2 bridgehead atoms.